The summed E-state index contributed by atoms with van der Waals surface area (Å²) in [5.41, 5.74) is 9.16. The molecule has 1 aromatic heterocycles. The zero-order valence-electron chi connectivity index (χ0n) is 14.0. The number of carbonyl (C=O) groups excluding carboxylic acids is 2. The Bertz CT molecular complexity index is 990. The van der Waals surface area contributed by atoms with Crippen molar-refractivity contribution in [1.82, 2.24) is 9.47 Å². The van der Waals surface area contributed by atoms with Crippen LogP contribution in [0.15, 0.2) is 54.7 Å². The first-order valence-corrected chi connectivity index (χ1v) is 8.31. The van der Waals surface area contributed by atoms with Crippen molar-refractivity contribution >= 4 is 22.7 Å². The van der Waals surface area contributed by atoms with Crippen LogP contribution in [0.2, 0.25) is 0 Å². The van der Waals surface area contributed by atoms with Crippen LogP contribution >= 0.6 is 0 Å². The predicted octanol–water partition coefficient (Wildman–Crippen LogP) is 2.84. The lowest BCUT2D eigenvalue weighted by Gasteiger charge is -2.22. The van der Waals surface area contributed by atoms with Gasteiger partial charge in [-0.2, -0.15) is 0 Å². The van der Waals surface area contributed by atoms with Gasteiger partial charge in [-0.3, -0.25) is 9.59 Å². The maximum atomic E-state index is 12.9. The van der Waals surface area contributed by atoms with Crippen LogP contribution in [0.4, 0.5) is 0 Å². The number of nitrogens with two attached hydrogens (primary N) is 1. The first-order valence-electron chi connectivity index (χ1n) is 8.31. The van der Waals surface area contributed by atoms with Gasteiger partial charge in [-0.15, -0.1) is 0 Å². The molecule has 2 aromatic carbocycles. The van der Waals surface area contributed by atoms with E-state index in [1.165, 1.54) is 11.1 Å². The molecule has 25 heavy (non-hydrogen) atoms. The molecule has 2 heterocycles. The minimum Gasteiger partial charge on any atom is -0.366 e. The molecule has 0 saturated carbocycles. The van der Waals surface area contributed by atoms with Crippen molar-refractivity contribution < 1.29 is 9.59 Å². The maximum absolute atomic E-state index is 12.9. The molecule has 0 bridgehead atoms. The van der Waals surface area contributed by atoms with Gasteiger partial charge in [0.25, 0.3) is 5.91 Å². The van der Waals surface area contributed by atoms with Gasteiger partial charge < -0.3 is 15.2 Å². The van der Waals surface area contributed by atoms with Crippen LogP contribution in [0.1, 0.15) is 34.5 Å². The minimum absolute atomic E-state index is 0.0282. The van der Waals surface area contributed by atoms with E-state index in [9.17, 15) is 9.59 Å². The summed E-state index contributed by atoms with van der Waals surface area (Å²) in [6.45, 7) is 2.86. The molecule has 2 amide bonds. The lowest BCUT2D eigenvalue weighted by molar-refractivity contribution is -0.133. The number of primary amides is 1. The Kier molecular flexibility index (Phi) is 3.57. The second-order valence-corrected chi connectivity index (χ2v) is 6.45. The molecular formula is C20H19N3O2. The fraction of sp³-hybridized carbons (Fsp3) is 0.200. The summed E-state index contributed by atoms with van der Waals surface area (Å²) in [6, 6.07) is 15.7. The molecular weight excluding hydrogens is 314 g/mol. The summed E-state index contributed by atoms with van der Waals surface area (Å²) in [4.78, 5) is 26.5. The summed E-state index contributed by atoms with van der Waals surface area (Å²) in [5.74, 6) is -0.454. The predicted molar refractivity (Wildman–Crippen MR) is 95.9 cm³/mol. The van der Waals surface area contributed by atoms with E-state index in [-0.39, 0.29) is 18.5 Å². The van der Waals surface area contributed by atoms with Crippen LogP contribution in [0, 0.1) is 0 Å². The number of carbonyl (C=O) groups is 2. The number of amides is 2. The van der Waals surface area contributed by atoms with Crippen molar-refractivity contribution in [2.75, 3.05) is 0 Å². The van der Waals surface area contributed by atoms with Crippen molar-refractivity contribution in [3.8, 4) is 0 Å². The van der Waals surface area contributed by atoms with E-state index in [2.05, 4.69) is 12.1 Å². The first-order chi connectivity index (χ1) is 12.1. The second kappa shape index (κ2) is 5.77. The number of fused-ring (bicyclic) bond motifs is 2. The molecule has 3 aromatic rings. The molecule has 0 aliphatic carbocycles. The monoisotopic (exact) mass is 333 g/mol. The minimum atomic E-state index is -0.482. The quantitative estimate of drug-likeness (QED) is 0.801. The molecule has 0 fully saturated rings. The van der Waals surface area contributed by atoms with Gasteiger partial charge in [-0.1, -0.05) is 42.5 Å². The normalized spacial score (nSPS) is 16.2. The topological polar surface area (TPSA) is 68.3 Å². The number of nitrogens with zero attached hydrogens (tertiary/aromatic N) is 2. The third kappa shape index (κ3) is 2.48. The van der Waals surface area contributed by atoms with Gasteiger partial charge in [0, 0.05) is 23.6 Å². The highest BCUT2D eigenvalue weighted by Crippen LogP contribution is 2.33. The number of benzene rings is 2. The molecule has 0 saturated heterocycles. The van der Waals surface area contributed by atoms with Crippen molar-refractivity contribution in [2.24, 2.45) is 5.73 Å². The molecule has 5 nitrogen and oxygen atoms in total. The van der Waals surface area contributed by atoms with Crippen LogP contribution in [-0.4, -0.2) is 21.3 Å². The molecule has 5 heteroatoms. The number of aromatic nitrogens is 1. The van der Waals surface area contributed by atoms with Gasteiger partial charge in [0.1, 0.15) is 6.54 Å². The Labute approximate surface area is 145 Å². The second-order valence-electron chi connectivity index (χ2n) is 6.45. The number of hydrogen-bond acceptors (Lipinski definition) is 2. The Hall–Kier alpha value is -3.08. The zero-order valence-corrected chi connectivity index (χ0v) is 14.0. The smallest absolute Gasteiger partial charge is 0.250 e. The summed E-state index contributed by atoms with van der Waals surface area (Å²) in [6.07, 6.45) is 1.68. The van der Waals surface area contributed by atoms with Gasteiger partial charge in [0.05, 0.1) is 11.6 Å². The van der Waals surface area contributed by atoms with Crippen molar-refractivity contribution in [3.05, 3.63) is 71.4 Å². The standard InChI is InChI=1S/C20H19N3O2/c1-13-15-7-3-2-6-14(15)10-23(13)19(24)12-22-11-17(20(21)25)16-8-4-5-9-18(16)22/h2-9,11,13H,10,12H2,1H3,(H2,21,25)/t13-/m0/s1. The van der Waals surface area contributed by atoms with Crippen LogP contribution in [0.25, 0.3) is 10.9 Å². The molecule has 0 unspecified atom stereocenters. The zero-order chi connectivity index (χ0) is 17.6. The van der Waals surface area contributed by atoms with E-state index in [4.69, 9.17) is 5.73 Å². The molecule has 1 atom stereocenters. The van der Waals surface area contributed by atoms with Crippen molar-refractivity contribution in [2.45, 2.75) is 26.1 Å². The average molecular weight is 333 g/mol. The Morgan fingerprint density at radius 2 is 1.84 bits per heavy atom. The third-order valence-corrected chi connectivity index (χ3v) is 4.99. The largest absolute Gasteiger partial charge is 0.366 e. The van der Waals surface area contributed by atoms with Gasteiger partial charge in [0.15, 0.2) is 0 Å². The molecule has 0 radical (unpaired) electrons. The average Bonchev–Trinajstić information content (AvgIpc) is 3.14. The van der Waals surface area contributed by atoms with Crippen LogP contribution in [0.5, 0.6) is 0 Å². The molecule has 126 valence electrons. The molecule has 4 rings (SSSR count). The number of hydrogen-bond donors (Lipinski definition) is 1. The SMILES string of the molecule is C[C@H]1c2ccccc2CN1C(=O)Cn1cc(C(N)=O)c2ccccc21. The molecule has 1 aliphatic heterocycles. The maximum Gasteiger partial charge on any atom is 0.250 e. The van der Waals surface area contributed by atoms with E-state index >= 15 is 0 Å². The molecule has 1 aliphatic rings. The highest BCUT2D eigenvalue weighted by molar-refractivity contribution is 6.06. The molecule has 2 N–H and O–H groups in total. The van der Waals surface area contributed by atoms with E-state index < -0.39 is 5.91 Å². The van der Waals surface area contributed by atoms with E-state index in [0.29, 0.717) is 12.1 Å². The Morgan fingerprint density at radius 1 is 1.12 bits per heavy atom. The summed E-state index contributed by atoms with van der Waals surface area (Å²) >= 11 is 0. The number of para-hydroxylation sites is 1. The lowest BCUT2D eigenvalue weighted by Crippen LogP contribution is -2.31. The van der Waals surface area contributed by atoms with Crippen molar-refractivity contribution in [3.63, 3.8) is 0 Å². The third-order valence-electron chi connectivity index (χ3n) is 4.99. The summed E-state index contributed by atoms with van der Waals surface area (Å²) in [7, 11) is 0. The summed E-state index contributed by atoms with van der Waals surface area (Å²) in [5, 5.41) is 0.778. The van der Waals surface area contributed by atoms with E-state index in [0.717, 1.165) is 10.9 Å². The van der Waals surface area contributed by atoms with Gasteiger partial charge in [-0.05, 0) is 24.1 Å². The van der Waals surface area contributed by atoms with Crippen molar-refractivity contribution in [1.29, 1.82) is 0 Å². The lowest BCUT2D eigenvalue weighted by atomic mass is 10.1. The highest BCUT2D eigenvalue weighted by Gasteiger charge is 2.30. The van der Waals surface area contributed by atoms with Crippen LogP contribution in [-0.2, 0) is 17.9 Å². The molecule has 0 spiro atoms. The van der Waals surface area contributed by atoms with Gasteiger partial charge in [0.2, 0.25) is 5.91 Å². The fourth-order valence-electron chi connectivity index (χ4n) is 3.69. The van der Waals surface area contributed by atoms with Crippen LogP contribution < -0.4 is 5.73 Å². The van der Waals surface area contributed by atoms with Gasteiger partial charge >= 0.3 is 0 Å². The van der Waals surface area contributed by atoms with Crippen LogP contribution in [0.3, 0.4) is 0 Å². The van der Waals surface area contributed by atoms with Gasteiger partial charge in [-0.25, -0.2) is 0 Å². The Balaban J connectivity index is 1.64. The van der Waals surface area contributed by atoms with E-state index in [1.54, 1.807) is 6.20 Å². The van der Waals surface area contributed by atoms with E-state index in [1.807, 2.05) is 52.8 Å². The first kappa shape index (κ1) is 15.4. The number of rotatable bonds is 3. The highest BCUT2D eigenvalue weighted by atomic mass is 16.2. The summed E-state index contributed by atoms with van der Waals surface area (Å²) < 4.78 is 1.81. The fourth-order valence-corrected chi connectivity index (χ4v) is 3.69. The Morgan fingerprint density at radius 3 is 2.60 bits per heavy atom.